The molecule has 1 fully saturated rings. The molecule has 0 spiro atoms. The Labute approximate surface area is 158 Å². The van der Waals surface area contributed by atoms with Gasteiger partial charge in [0, 0.05) is 11.6 Å². The average molecular weight is 385 g/mol. The number of carbonyl (C=O) groups excluding carboxylic acids is 2. The first-order valence-corrected chi connectivity index (χ1v) is 8.74. The number of rotatable bonds is 5. The summed E-state index contributed by atoms with van der Waals surface area (Å²) in [6.07, 6.45) is 0.416. The van der Waals surface area contributed by atoms with E-state index in [0.29, 0.717) is 5.56 Å². The van der Waals surface area contributed by atoms with E-state index < -0.39 is 23.2 Å². The van der Waals surface area contributed by atoms with Gasteiger partial charge in [0.05, 0.1) is 10.6 Å². The molecule has 1 aliphatic rings. The molecule has 8 heteroatoms. The van der Waals surface area contributed by atoms with Gasteiger partial charge in [-0.3, -0.25) is 9.59 Å². The van der Waals surface area contributed by atoms with Gasteiger partial charge in [0.25, 0.3) is 11.1 Å². The third-order valence-electron chi connectivity index (χ3n) is 3.74. The number of hydrogen-bond donors (Lipinski definition) is 2. The van der Waals surface area contributed by atoms with E-state index in [0.717, 1.165) is 16.7 Å². The van der Waals surface area contributed by atoms with Gasteiger partial charge in [0.2, 0.25) is 0 Å². The molecule has 0 radical (unpaired) electrons. The van der Waals surface area contributed by atoms with E-state index in [4.69, 9.17) is 9.84 Å². The summed E-state index contributed by atoms with van der Waals surface area (Å²) < 4.78 is 5.41. The molecule has 0 aromatic heterocycles. The lowest BCUT2D eigenvalue weighted by molar-refractivity contribution is -0.144. The molecule has 27 heavy (non-hydrogen) atoms. The Kier molecular flexibility index (Phi) is 5.18. The Morgan fingerprint density at radius 3 is 2.63 bits per heavy atom. The summed E-state index contributed by atoms with van der Waals surface area (Å²) in [5.41, 5.74) is 0.747. The maximum absolute atomic E-state index is 12.7. The molecule has 2 aromatic carbocycles. The number of thioether (sulfide) groups is 1. The maximum Gasteiger partial charge on any atom is 0.344 e. The van der Waals surface area contributed by atoms with Gasteiger partial charge in [-0.15, -0.1) is 0 Å². The highest BCUT2D eigenvalue weighted by atomic mass is 32.2. The van der Waals surface area contributed by atoms with Gasteiger partial charge in [-0.05, 0) is 43.0 Å². The van der Waals surface area contributed by atoms with Crippen molar-refractivity contribution in [1.82, 2.24) is 0 Å². The number of aliphatic carboxylic acids is 1. The number of ether oxygens (including phenoxy) is 1. The van der Waals surface area contributed by atoms with Crippen LogP contribution in [0.1, 0.15) is 12.5 Å². The van der Waals surface area contributed by atoms with Crippen LogP contribution in [0.2, 0.25) is 0 Å². The summed E-state index contributed by atoms with van der Waals surface area (Å²) in [6.45, 7) is 1.40. The quantitative estimate of drug-likeness (QED) is 0.759. The number of aromatic hydroxyl groups is 1. The Morgan fingerprint density at radius 2 is 1.93 bits per heavy atom. The minimum Gasteiger partial charge on any atom is -0.508 e. The Morgan fingerprint density at radius 1 is 1.19 bits per heavy atom. The fourth-order valence-electron chi connectivity index (χ4n) is 2.41. The van der Waals surface area contributed by atoms with Gasteiger partial charge < -0.3 is 14.9 Å². The topological polar surface area (TPSA) is 104 Å². The van der Waals surface area contributed by atoms with E-state index in [1.165, 1.54) is 31.2 Å². The predicted octanol–water partition coefficient (Wildman–Crippen LogP) is 3.49. The SMILES string of the molecule is CC(Oc1ccccc1/C=C1/SC(=O)N(c2cccc(O)c2)C1=O)C(=O)O. The first-order valence-electron chi connectivity index (χ1n) is 7.92. The molecule has 0 saturated carbocycles. The highest BCUT2D eigenvalue weighted by Gasteiger charge is 2.36. The lowest BCUT2D eigenvalue weighted by Gasteiger charge is -2.13. The standard InChI is InChI=1S/C19H15NO6S/c1-11(18(23)24)26-15-8-3-2-5-12(15)9-16-17(22)20(19(25)27-16)13-6-4-7-14(21)10-13/h2-11,21H,1H3,(H,23,24)/b16-9+. The van der Waals surface area contributed by atoms with E-state index in [-0.39, 0.29) is 22.1 Å². The zero-order chi connectivity index (χ0) is 19.6. The van der Waals surface area contributed by atoms with E-state index in [1.54, 1.807) is 30.3 Å². The summed E-state index contributed by atoms with van der Waals surface area (Å²) in [5, 5.41) is 18.1. The van der Waals surface area contributed by atoms with Crippen LogP contribution >= 0.6 is 11.8 Å². The summed E-state index contributed by atoms with van der Waals surface area (Å²) >= 11 is 0.756. The molecule has 2 aromatic rings. The van der Waals surface area contributed by atoms with Gasteiger partial charge in [0.15, 0.2) is 6.10 Å². The lowest BCUT2D eigenvalue weighted by Crippen LogP contribution is -2.27. The average Bonchev–Trinajstić information content (AvgIpc) is 2.90. The number of carboxylic acids is 1. The molecular weight excluding hydrogens is 370 g/mol. The highest BCUT2D eigenvalue weighted by molar-refractivity contribution is 8.19. The molecule has 0 bridgehead atoms. The van der Waals surface area contributed by atoms with Crippen molar-refractivity contribution in [3.63, 3.8) is 0 Å². The number of phenols is 1. The first-order chi connectivity index (χ1) is 12.9. The second-order valence-electron chi connectivity index (χ2n) is 5.67. The minimum absolute atomic E-state index is 0.0584. The van der Waals surface area contributed by atoms with Crippen LogP contribution in [0.15, 0.2) is 53.4 Å². The minimum atomic E-state index is -1.12. The zero-order valence-electron chi connectivity index (χ0n) is 14.2. The third kappa shape index (κ3) is 3.95. The van der Waals surface area contributed by atoms with Crippen molar-refractivity contribution >= 4 is 40.6 Å². The molecular formula is C19H15NO6S. The second-order valence-corrected chi connectivity index (χ2v) is 6.67. The smallest absolute Gasteiger partial charge is 0.344 e. The number of anilines is 1. The van der Waals surface area contributed by atoms with E-state index in [1.807, 2.05) is 0 Å². The number of carboxylic acid groups (broad SMARTS) is 1. The third-order valence-corrected chi connectivity index (χ3v) is 4.61. The van der Waals surface area contributed by atoms with Crippen LogP contribution in [0.3, 0.4) is 0 Å². The number of nitrogens with zero attached hydrogens (tertiary/aromatic N) is 1. The van der Waals surface area contributed by atoms with Crippen LogP contribution in [0, 0.1) is 0 Å². The molecule has 1 saturated heterocycles. The van der Waals surface area contributed by atoms with Gasteiger partial charge in [-0.1, -0.05) is 24.3 Å². The Bertz CT molecular complexity index is 955. The van der Waals surface area contributed by atoms with Crippen molar-refractivity contribution in [2.24, 2.45) is 0 Å². The molecule has 0 aliphatic carbocycles. The largest absolute Gasteiger partial charge is 0.508 e. The molecule has 138 valence electrons. The normalized spacial score (nSPS) is 16.6. The number of benzene rings is 2. The Hall–Kier alpha value is -3.26. The summed E-state index contributed by atoms with van der Waals surface area (Å²) in [5.74, 6) is -1.42. The molecule has 2 amide bonds. The number of imide groups is 1. The van der Waals surface area contributed by atoms with Crippen molar-refractivity contribution in [2.75, 3.05) is 4.90 Å². The number of amides is 2. The van der Waals surface area contributed by atoms with E-state index in [2.05, 4.69) is 0 Å². The first kappa shape index (κ1) is 18.5. The van der Waals surface area contributed by atoms with E-state index >= 15 is 0 Å². The number of hydrogen-bond acceptors (Lipinski definition) is 6. The van der Waals surface area contributed by atoms with Gasteiger partial charge in [0.1, 0.15) is 11.5 Å². The van der Waals surface area contributed by atoms with Crippen LogP contribution in [0.25, 0.3) is 6.08 Å². The zero-order valence-corrected chi connectivity index (χ0v) is 15.0. The molecule has 2 N–H and O–H groups in total. The summed E-state index contributed by atoms with van der Waals surface area (Å²) in [6, 6.07) is 12.5. The van der Waals surface area contributed by atoms with Crippen LogP contribution in [0.5, 0.6) is 11.5 Å². The summed E-state index contributed by atoms with van der Waals surface area (Å²) in [4.78, 5) is 37.1. The van der Waals surface area contributed by atoms with Crippen molar-refractivity contribution < 1.29 is 29.3 Å². The Balaban J connectivity index is 1.92. The van der Waals surface area contributed by atoms with Crippen molar-refractivity contribution in [1.29, 1.82) is 0 Å². The number of phenolic OH excluding ortho intramolecular Hbond substituents is 1. The summed E-state index contributed by atoms with van der Waals surface area (Å²) in [7, 11) is 0. The van der Waals surface area contributed by atoms with Crippen LogP contribution in [-0.2, 0) is 9.59 Å². The predicted molar refractivity (Wildman–Crippen MR) is 101 cm³/mol. The van der Waals surface area contributed by atoms with Crippen molar-refractivity contribution in [3.8, 4) is 11.5 Å². The molecule has 1 atom stereocenters. The van der Waals surface area contributed by atoms with Crippen molar-refractivity contribution in [3.05, 3.63) is 59.0 Å². The molecule has 1 aliphatic heterocycles. The van der Waals surface area contributed by atoms with Gasteiger partial charge >= 0.3 is 5.97 Å². The monoisotopic (exact) mass is 385 g/mol. The number of carbonyl (C=O) groups is 3. The maximum atomic E-state index is 12.7. The van der Waals surface area contributed by atoms with Crippen molar-refractivity contribution in [2.45, 2.75) is 13.0 Å². The highest BCUT2D eigenvalue weighted by Crippen LogP contribution is 2.37. The lowest BCUT2D eigenvalue weighted by atomic mass is 10.1. The fourth-order valence-corrected chi connectivity index (χ4v) is 3.24. The van der Waals surface area contributed by atoms with Gasteiger partial charge in [-0.2, -0.15) is 0 Å². The number of para-hydroxylation sites is 1. The van der Waals surface area contributed by atoms with Crippen LogP contribution in [0.4, 0.5) is 10.5 Å². The fraction of sp³-hybridized carbons (Fsp3) is 0.105. The second kappa shape index (κ2) is 7.55. The van der Waals surface area contributed by atoms with Crippen LogP contribution in [-0.4, -0.2) is 33.4 Å². The van der Waals surface area contributed by atoms with Crippen LogP contribution < -0.4 is 9.64 Å². The van der Waals surface area contributed by atoms with E-state index in [9.17, 15) is 19.5 Å². The molecule has 7 nitrogen and oxygen atoms in total. The molecule has 1 unspecified atom stereocenters. The molecule has 3 rings (SSSR count). The van der Waals surface area contributed by atoms with Gasteiger partial charge in [-0.25, -0.2) is 9.69 Å². The molecule has 1 heterocycles.